The summed E-state index contributed by atoms with van der Waals surface area (Å²) in [6.45, 7) is 4.31. The van der Waals surface area contributed by atoms with Gasteiger partial charge in [-0.2, -0.15) is 0 Å². The molecule has 0 unspecified atom stereocenters. The second kappa shape index (κ2) is 34.6. The summed E-state index contributed by atoms with van der Waals surface area (Å²) in [5, 5.41) is 22.9. The highest BCUT2D eigenvalue weighted by molar-refractivity contribution is 5.76. The molecule has 0 aliphatic rings. The van der Waals surface area contributed by atoms with Crippen molar-refractivity contribution in [1.29, 1.82) is 0 Å². The Morgan fingerprint density at radius 3 is 1.24 bits per heavy atom. The first-order valence-electron chi connectivity index (χ1n) is 18.9. The Hall–Kier alpha value is -0.870. The standard InChI is InChI=1S/C38H75NO3/c1-3-5-7-9-11-13-15-17-18-19-20-22-23-25-27-29-31-33-37(41)36(35-40)39-38(42)34-32-30-28-26-24-21-16-14-12-10-8-6-4-2/h31,33,36-37,40-41H,3-30,32,34-35H2,1-2H3,(H,39,42)/b33-31+/t36-,37+/m0/s1. The predicted molar refractivity (Wildman–Crippen MR) is 184 cm³/mol. The van der Waals surface area contributed by atoms with Gasteiger partial charge in [-0.1, -0.05) is 193 Å². The van der Waals surface area contributed by atoms with Gasteiger partial charge in [-0.3, -0.25) is 4.79 Å². The lowest BCUT2D eigenvalue weighted by molar-refractivity contribution is -0.123. The number of unbranched alkanes of at least 4 members (excludes halogenated alkanes) is 27. The number of hydrogen-bond donors (Lipinski definition) is 3. The molecule has 3 N–H and O–H groups in total. The van der Waals surface area contributed by atoms with Crippen LogP contribution in [0.15, 0.2) is 12.2 Å². The number of rotatable bonds is 34. The Kier molecular flexibility index (Phi) is 33.9. The molecule has 0 aliphatic heterocycles. The third-order valence-electron chi connectivity index (χ3n) is 8.77. The van der Waals surface area contributed by atoms with E-state index in [1.807, 2.05) is 6.08 Å². The molecule has 0 fully saturated rings. The largest absolute Gasteiger partial charge is 0.394 e. The quantitative estimate of drug-likeness (QED) is 0.0513. The molecule has 0 aliphatic carbocycles. The monoisotopic (exact) mass is 594 g/mol. The molecular weight excluding hydrogens is 518 g/mol. The van der Waals surface area contributed by atoms with Gasteiger partial charge in [-0.05, 0) is 19.3 Å². The molecule has 42 heavy (non-hydrogen) atoms. The van der Waals surface area contributed by atoms with Crippen molar-refractivity contribution in [3.05, 3.63) is 12.2 Å². The highest BCUT2D eigenvalue weighted by atomic mass is 16.3. The molecule has 0 heterocycles. The second-order valence-electron chi connectivity index (χ2n) is 13.0. The van der Waals surface area contributed by atoms with E-state index in [-0.39, 0.29) is 12.5 Å². The maximum atomic E-state index is 12.3. The van der Waals surface area contributed by atoms with Crippen LogP contribution in [-0.4, -0.2) is 34.9 Å². The van der Waals surface area contributed by atoms with E-state index in [2.05, 4.69) is 19.2 Å². The Morgan fingerprint density at radius 2 is 0.881 bits per heavy atom. The van der Waals surface area contributed by atoms with Crippen LogP contribution in [0.2, 0.25) is 0 Å². The predicted octanol–water partition coefficient (Wildman–Crippen LogP) is 11.1. The number of hydrogen-bond acceptors (Lipinski definition) is 3. The number of carbonyl (C=O) groups is 1. The van der Waals surface area contributed by atoms with Gasteiger partial charge < -0.3 is 15.5 Å². The molecule has 0 radical (unpaired) electrons. The average molecular weight is 594 g/mol. The summed E-state index contributed by atoms with van der Waals surface area (Å²) in [6.07, 6.45) is 41.5. The van der Waals surface area contributed by atoms with Crippen LogP contribution in [0.4, 0.5) is 0 Å². The number of aliphatic hydroxyl groups excluding tert-OH is 2. The molecule has 0 aromatic heterocycles. The van der Waals surface area contributed by atoms with Gasteiger partial charge in [0.25, 0.3) is 0 Å². The van der Waals surface area contributed by atoms with E-state index in [0.29, 0.717) is 6.42 Å². The van der Waals surface area contributed by atoms with E-state index in [4.69, 9.17) is 0 Å². The first-order valence-corrected chi connectivity index (χ1v) is 18.9. The number of nitrogens with one attached hydrogen (secondary N) is 1. The summed E-state index contributed by atoms with van der Waals surface area (Å²) in [5.74, 6) is -0.0630. The Bertz CT molecular complexity index is 565. The van der Waals surface area contributed by atoms with Crippen molar-refractivity contribution in [2.45, 2.75) is 219 Å². The average Bonchev–Trinajstić information content (AvgIpc) is 2.99. The van der Waals surface area contributed by atoms with Gasteiger partial charge in [-0.15, -0.1) is 0 Å². The molecule has 2 atom stereocenters. The molecule has 0 aromatic rings. The van der Waals surface area contributed by atoms with E-state index >= 15 is 0 Å². The van der Waals surface area contributed by atoms with Crippen molar-refractivity contribution in [1.82, 2.24) is 5.32 Å². The zero-order valence-corrected chi connectivity index (χ0v) is 28.5. The Labute approximate surface area is 263 Å². The van der Waals surface area contributed by atoms with Crippen molar-refractivity contribution < 1.29 is 15.0 Å². The molecule has 0 saturated carbocycles. The van der Waals surface area contributed by atoms with Crippen molar-refractivity contribution >= 4 is 5.91 Å². The number of aliphatic hydroxyl groups is 2. The van der Waals surface area contributed by atoms with E-state index in [1.54, 1.807) is 6.08 Å². The number of amides is 1. The molecular formula is C38H75NO3. The van der Waals surface area contributed by atoms with Gasteiger partial charge >= 0.3 is 0 Å². The molecule has 250 valence electrons. The molecule has 4 heteroatoms. The molecule has 0 saturated heterocycles. The Balaban J connectivity index is 3.58. The van der Waals surface area contributed by atoms with E-state index in [0.717, 1.165) is 25.7 Å². The third kappa shape index (κ3) is 30.6. The van der Waals surface area contributed by atoms with Gasteiger partial charge in [-0.25, -0.2) is 0 Å². The van der Waals surface area contributed by atoms with Crippen LogP contribution in [-0.2, 0) is 4.79 Å². The zero-order chi connectivity index (χ0) is 30.8. The lowest BCUT2D eigenvalue weighted by Crippen LogP contribution is -2.45. The highest BCUT2D eigenvalue weighted by Gasteiger charge is 2.17. The third-order valence-corrected chi connectivity index (χ3v) is 8.77. The van der Waals surface area contributed by atoms with Gasteiger partial charge in [0.1, 0.15) is 0 Å². The fourth-order valence-corrected chi connectivity index (χ4v) is 5.82. The Morgan fingerprint density at radius 1 is 0.548 bits per heavy atom. The highest BCUT2D eigenvalue weighted by Crippen LogP contribution is 2.15. The lowest BCUT2D eigenvalue weighted by atomic mass is 10.0. The van der Waals surface area contributed by atoms with Crippen LogP contribution in [0, 0.1) is 0 Å². The minimum Gasteiger partial charge on any atom is -0.394 e. The first kappa shape index (κ1) is 41.1. The van der Waals surface area contributed by atoms with Gasteiger partial charge in [0.15, 0.2) is 0 Å². The lowest BCUT2D eigenvalue weighted by Gasteiger charge is -2.20. The molecule has 0 aromatic carbocycles. The maximum absolute atomic E-state index is 12.3. The van der Waals surface area contributed by atoms with Gasteiger partial charge in [0.05, 0.1) is 18.8 Å². The first-order chi connectivity index (χ1) is 20.7. The summed E-state index contributed by atoms with van der Waals surface area (Å²) in [4.78, 5) is 12.3. The second-order valence-corrected chi connectivity index (χ2v) is 13.0. The fourth-order valence-electron chi connectivity index (χ4n) is 5.82. The van der Waals surface area contributed by atoms with Crippen LogP contribution in [0.1, 0.15) is 206 Å². The molecule has 1 amide bonds. The molecule has 0 spiro atoms. The van der Waals surface area contributed by atoms with Crippen LogP contribution in [0.3, 0.4) is 0 Å². The molecule has 0 rings (SSSR count). The molecule has 4 nitrogen and oxygen atoms in total. The number of allylic oxidation sites excluding steroid dienone is 1. The van der Waals surface area contributed by atoms with Gasteiger partial charge in [0.2, 0.25) is 5.91 Å². The minimum absolute atomic E-state index is 0.0630. The maximum Gasteiger partial charge on any atom is 0.220 e. The smallest absolute Gasteiger partial charge is 0.220 e. The summed E-state index contributed by atoms with van der Waals surface area (Å²) in [6, 6.07) is -0.614. The topological polar surface area (TPSA) is 69.6 Å². The van der Waals surface area contributed by atoms with Crippen LogP contribution in [0.5, 0.6) is 0 Å². The number of carbonyl (C=O) groups excluding carboxylic acids is 1. The SMILES string of the molecule is CCCCCCCCCCCCCCCCC/C=C/[C@@H](O)[C@H](CO)NC(=O)CCCCCCCCCCCCCCC. The molecule has 0 bridgehead atoms. The van der Waals surface area contributed by atoms with E-state index in [1.165, 1.54) is 161 Å². The van der Waals surface area contributed by atoms with Crippen molar-refractivity contribution in [3.8, 4) is 0 Å². The fraction of sp³-hybridized carbons (Fsp3) is 0.921. The van der Waals surface area contributed by atoms with Crippen molar-refractivity contribution in [2.75, 3.05) is 6.61 Å². The van der Waals surface area contributed by atoms with E-state index in [9.17, 15) is 15.0 Å². The summed E-state index contributed by atoms with van der Waals surface area (Å²) in [7, 11) is 0. The van der Waals surface area contributed by atoms with Crippen LogP contribution < -0.4 is 5.32 Å². The van der Waals surface area contributed by atoms with Crippen LogP contribution in [0.25, 0.3) is 0 Å². The summed E-state index contributed by atoms with van der Waals surface area (Å²) >= 11 is 0. The van der Waals surface area contributed by atoms with E-state index < -0.39 is 12.1 Å². The zero-order valence-electron chi connectivity index (χ0n) is 28.5. The summed E-state index contributed by atoms with van der Waals surface area (Å²) in [5.41, 5.74) is 0. The minimum atomic E-state index is -0.832. The van der Waals surface area contributed by atoms with Gasteiger partial charge in [0, 0.05) is 6.42 Å². The summed E-state index contributed by atoms with van der Waals surface area (Å²) < 4.78 is 0. The normalized spacial score (nSPS) is 13.1. The van der Waals surface area contributed by atoms with Crippen molar-refractivity contribution in [2.24, 2.45) is 0 Å². The van der Waals surface area contributed by atoms with Crippen LogP contribution >= 0.6 is 0 Å². The van der Waals surface area contributed by atoms with Crippen molar-refractivity contribution in [3.63, 3.8) is 0 Å².